The van der Waals surface area contributed by atoms with Gasteiger partial charge in [0.1, 0.15) is 5.75 Å². The van der Waals surface area contributed by atoms with E-state index in [4.69, 9.17) is 0 Å². The number of amides is 1. The summed E-state index contributed by atoms with van der Waals surface area (Å²) in [5.41, 5.74) is 1.14. The highest BCUT2D eigenvalue weighted by Gasteiger charge is 2.15. The van der Waals surface area contributed by atoms with Crippen LogP contribution in [0.2, 0.25) is 0 Å². The Balaban J connectivity index is 2.24. The van der Waals surface area contributed by atoms with Gasteiger partial charge in [0.25, 0.3) is 0 Å². The predicted molar refractivity (Wildman–Crippen MR) is 50.2 cm³/mol. The van der Waals surface area contributed by atoms with Crippen LogP contribution in [-0.2, 0) is 4.79 Å². The highest BCUT2D eigenvalue weighted by Crippen LogP contribution is 2.29. The SMILES string of the molecule is O=C1CNc2ccc(OC(F)F)cc2N1. The number of ether oxygens (including phenoxy) is 1. The Morgan fingerprint density at radius 1 is 1.33 bits per heavy atom. The summed E-state index contributed by atoms with van der Waals surface area (Å²) < 4.78 is 28.0. The molecule has 0 aliphatic carbocycles. The molecule has 1 heterocycles. The first-order valence-corrected chi connectivity index (χ1v) is 4.28. The molecule has 1 aliphatic rings. The van der Waals surface area contributed by atoms with Crippen molar-refractivity contribution in [2.24, 2.45) is 0 Å². The molecule has 0 fully saturated rings. The molecule has 1 aromatic carbocycles. The van der Waals surface area contributed by atoms with Crippen LogP contribution in [0.25, 0.3) is 0 Å². The quantitative estimate of drug-likeness (QED) is 0.787. The first-order chi connectivity index (χ1) is 7.15. The third-order valence-electron chi connectivity index (χ3n) is 1.93. The zero-order valence-corrected chi connectivity index (χ0v) is 7.59. The Hall–Kier alpha value is -1.85. The Labute approximate surface area is 84.2 Å². The largest absolute Gasteiger partial charge is 0.435 e. The summed E-state index contributed by atoms with van der Waals surface area (Å²) in [5.74, 6) is -0.190. The van der Waals surface area contributed by atoms with Gasteiger partial charge in [-0.15, -0.1) is 0 Å². The fraction of sp³-hybridized carbons (Fsp3) is 0.222. The molecule has 0 radical (unpaired) electrons. The molecule has 0 bridgehead atoms. The number of hydrogen-bond donors (Lipinski definition) is 2. The number of benzene rings is 1. The van der Waals surface area contributed by atoms with Gasteiger partial charge in [0.05, 0.1) is 17.9 Å². The second-order valence-corrected chi connectivity index (χ2v) is 2.99. The van der Waals surface area contributed by atoms with Gasteiger partial charge >= 0.3 is 6.61 Å². The van der Waals surface area contributed by atoms with E-state index >= 15 is 0 Å². The average molecular weight is 214 g/mol. The molecule has 2 rings (SSSR count). The summed E-state index contributed by atoms with van der Waals surface area (Å²) in [6, 6.07) is 4.34. The lowest BCUT2D eigenvalue weighted by molar-refractivity contribution is -0.114. The third-order valence-corrected chi connectivity index (χ3v) is 1.93. The number of anilines is 2. The minimum atomic E-state index is -2.87. The van der Waals surface area contributed by atoms with Crippen LogP contribution in [0.1, 0.15) is 0 Å². The van der Waals surface area contributed by atoms with E-state index in [1.54, 1.807) is 6.07 Å². The Bertz CT molecular complexity index is 396. The summed E-state index contributed by atoms with van der Waals surface area (Å²) in [5, 5.41) is 5.38. The fourth-order valence-corrected chi connectivity index (χ4v) is 1.33. The number of fused-ring (bicyclic) bond motifs is 1. The first-order valence-electron chi connectivity index (χ1n) is 4.28. The number of alkyl halides is 2. The molecule has 0 atom stereocenters. The van der Waals surface area contributed by atoms with Gasteiger partial charge in [-0.3, -0.25) is 4.79 Å². The van der Waals surface area contributed by atoms with Crippen LogP contribution in [0.5, 0.6) is 5.75 Å². The van der Waals surface area contributed by atoms with Gasteiger partial charge in [-0.25, -0.2) is 0 Å². The maximum Gasteiger partial charge on any atom is 0.387 e. The van der Waals surface area contributed by atoms with Crippen molar-refractivity contribution >= 4 is 17.3 Å². The van der Waals surface area contributed by atoms with Crippen LogP contribution in [0.4, 0.5) is 20.2 Å². The molecular formula is C9H8F2N2O2. The summed E-state index contributed by atoms with van der Waals surface area (Å²) in [6.07, 6.45) is 0. The molecular weight excluding hydrogens is 206 g/mol. The van der Waals surface area contributed by atoms with Gasteiger partial charge in [-0.05, 0) is 12.1 Å². The highest BCUT2D eigenvalue weighted by molar-refractivity contribution is 6.00. The minimum absolute atomic E-state index is 0.0211. The van der Waals surface area contributed by atoms with Crippen LogP contribution in [0.15, 0.2) is 18.2 Å². The standard InChI is InChI=1S/C9H8F2N2O2/c10-9(11)15-5-1-2-6-7(3-5)13-8(14)4-12-6/h1-3,9,12H,4H2,(H,13,14). The van der Waals surface area contributed by atoms with Crippen molar-refractivity contribution in [1.29, 1.82) is 0 Å². The zero-order chi connectivity index (χ0) is 10.8. The summed E-state index contributed by atoms with van der Waals surface area (Å²) in [6.45, 7) is -2.68. The first kappa shape index (κ1) is 9.70. The lowest BCUT2D eigenvalue weighted by Gasteiger charge is -2.19. The molecule has 0 spiro atoms. The van der Waals surface area contributed by atoms with E-state index in [0.717, 1.165) is 0 Å². The third kappa shape index (κ3) is 2.15. The van der Waals surface area contributed by atoms with Gasteiger partial charge in [-0.2, -0.15) is 8.78 Å². The van der Waals surface area contributed by atoms with E-state index in [0.29, 0.717) is 11.4 Å². The van der Waals surface area contributed by atoms with E-state index < -0.39 is 6.61 Å². The van der Waals surface area contributed by atoms with Crippen LogP contribution in [0, 0.1) is 0 Å². The van der Waals surface area contributed by atoms with Gasteiger partial charge in [-0.1, -0.05) is 0 Å². The second kappa shape index (κ2) is 3.72. The normalized spacial score (nSPS) is 14.2. The molecule has 0 saturated carbocycles. The average Bonchev–Trinajstić information content (AvgIpc) is 2.16. The lowest BCUT2D eigenvalue weighted by Crippen LogP contribution is -2.27. The fourth-order valence-electron chi connectivity index (χ4n) is 1.33. The molecule has 2 N–H and O–H groups in total. The van der Waals surface area contributed by atoms with Gasteiger partial charge in [0.2, 0.25) is 5.91 Å². The van der Waals surface area contributed by atoms with E-state index in [9.17, 15) is 13.6 Å². The Kier molecular flexibility index (Phi) is 2.40. The molecule has 15 heavy (non-hydrogen) atoms. The number of halogens is 2. The van der Waals surface area contributed by atoms with Gasteiger partial charge < -0.3 is 15.4 Å². The molecule has 0 aromatic heterocycles. The molecule has 6 heteroatoms. The highest BCUT2D eigenvalue weighted by atomic mass is 19.3. The topological polar surface area (TPSA) is 50.4 Å². The lowest BCUT2D eigenvalue weighted by atomic mass is 10.2. The number of carbonyl (C=O) groups is 1. The van der Waals surface area contributed by atoms with Crippen molar-refractivity contribution in [3.05, 3.63) is 18.2 Å². The van der Waals surface area contributed by atoms with Crippen LogP contribution < -0.4 is 15.4 Å². The monoisotopic (exact) mass is 214 g/mol. The molecule has 0 saturated heterocycles. The number of nitrogens with one attached hydrogen (secondary N) is 2. The molecule has 1 aliphatic heterocycles. The number of hydrogen-bond acceptors (Lipinski definition) is 3. The summed E-state index contributed by atoms with van der Waals surface area (Å²) in [4.78, 5) is 11.0. The Morgan fingerprint density at radius 2 is 2.13 bits per heavy atom. The van der Waals surface area contributed by atoms with Crippen LogP contribution in [-0.4, -0.2) is 19.1 Å². The van der Waals surface area contributed by atoms with E-state index in [2.05, 4.69) is 15.4 Å². The Morgan fingerprint density at radius 3 is 2.87 bits per heavy atom. The number of rotatable bonds is 2. The second-order valence-electron chi connectivity index (χ2n) is 2.99. The van der Waals surface area contributed by atoms with Crippen molar-refractivity contribution < 1.29 is 18.3 Å². The zero-order valence-electron chi connectivity index (χ0n) is 7.59. The van der Waals surface area contributed by atoms with E-state index in [-0.39, 0.29) is 18.2 Å². The molecule has 80 valence electrons. The van der Waals surface area contributed by atoms with Crippen molar-refractivity contribution in [1.82, 2.24) is 0 Å². The van der Waals surface area contributed by atoms with Crippen molar-refractivity contribution in [3.63, 3.8) is 0 Å². The van der Waals surface area contributed by atoms with Crippen molar-refractivity contribution in [3.8, 4) is 5.75 Å². The summed E-state index contributed by atoms with van der Waals surface area (Å²) in [7, 11) is 0. The van der Waals surface area contributed by atoms with Gasteiger partial charge in [0, 0.05) is 6.07 Å². The minimum Gasteiger partial charge on any atom is -0.435 e. The maximum atomic E-state index is 11.9. The molecule has 1 amide bonds. The molecule has 1 aromatic rings. The molecule has 4 nitrogen and oxygen atoms in total. The van der Waals surface area contributed by atoms with E-state index in [1.807, 2.05) is 0 Å². The smallest absolute Gasteiger partial charge is 0.387 e. The van der Waals surface area contributed by atoms with Crippen LogP contribution >= 0.6 is 0 Å². The predicted octanol–water partition coefficient (Wildman–Crippen LogP) is 1.65. The maximum absolute atomic E-state index is 11.9. The van der Waals surface area contributed by atoms with Crippen molar-refractivity contribution in [2.75, 3.05) is 17.2 Å². The summed E-state index contributed by atoms with van der Waals surface area (Å²) >= 11 is 0. The van der Waals surface area contributed by atoms with E-state index in [1.165, 1.54) is 12.1 Å². The molecule has 0 unspecified atom stereocenters. The van der Waals surface area contributed by atoms with Crippen LogP contribution in [0.3, 0.4) is 0 Å². The van der Waals surface area contributed by atoms with Crippen molar-refractivity contribution in [2.45, 2.75) is 6.61 Å². The number of carbonyl (C=O) groups excluding carboxylic acids is 1. The van der Waals surface area contributed by atoms with Gasteiger partial charge in [0.15, 0.2) is 0 Å².